The van der Waals surface area contributed by atoms with Crippen LogP contribution in [0.4, 0.5) is 4.79 Å². The van der Waals surface area contributed by atoms with Crippen molar-refractivity contribution in [2.45, 2.75) is 67.3 Å². The van der Waals surface area contributed by atoms with E-state index in [1.165, 1.54) is 16.7 Å². The summed E-state index contributed by atoms with van der Waals surface area (Å²) in [4.78, 5) is 49.0. The Hall–Kier alpha value is -1.04. The minimum atomic E-state index is -2.06. The number of primary amides is 1. The molecule has 0 spiro atoms. The van der Waals surface area contributed by atoms with Crippen LogP contribution in [0, 0.1) is 16.0 Å². The molecule has 1 saturated carbocycles. The molecule has 3 aliphatic rings. The standard InChI is InChI=1S/C15H22N4O6S.Na/c1-13(2)15(11(21)22,18-9(20)7-10(18)26-13)8-5-3-4-6-14(8,19(24)25)17-12(16)23;/h8,10H,3-7H2,1-2H3,(H,21,22)(H3,16,17,23);/q;+1/p-1/t8?,10-,14?,15-;/m1./s1. The van der Waals surface area contributed by atoms with Gasteiger partial charge < -0.3 is 20.5 Å². The zero-order chi connectivity index (χ0) is 19.5. The topological polar surface area (TPSA) is 159 Å². The van der Waals surface area contributed by atoms with E-state index in [0.717, 1.165) is 0 Å². The first kappa shape index (κ1) is 22.3. The summed E-state index contributed by atoms with van der Waals surface area (Å²) in [5, 5.41) is 26.4. The van der Waals surface area contributed by atoms with E-state index in [1.54, 1.807) is 13.8 Å². The average Bonchev–Trinajstić information content (AvgIpc) is 2.70. The van der Waals surface area contributed by atoms with Crippen molar-refractivity contribution in [1.82, 2.24) is 10.2 Å². The Morgan fingerprint density at radius 1 is 1.37 bits per heavy atom. The number of carbonyl (C=O) groups is 3. The largest absolute Gasteiger partial charge is 1.00 e. The monoisotopic (exact) mass is 408 g/mol. The summed E-state index contributed by atoms with van der Waals surface area (Å²) >= 11 is 1.30. The Balaban J connectivity index is 0.00000261. The first-order valence-corrected chi connectivity index (χ1v) is 9.32. The van der Waals surface area contributed by atoms with Crippen molar-refractivity contribution in [2.24, 2.45) is 11.7 Å². The molecule has 0 aromatic carbocycles. The molecule has 3 rings (SSSR count). The number of amides is 3. The Morgan fingerprint density at radius 2 is 2.00 bits per heavy atom. The number of hydrogen-bond donors (Lipinski definition) is 2. The molecule has 2 aliphatic heterocycles. The molecule has 10 nitrogen and oxygen atoms in total. The van der Waals surface area contributed by atoms with Gasteiger partial charge in [0, 0.05) is 16.1 Å². The minimum Gasteiger partial charge on any atom is -0.547 e. The van der Waals surface area contributed by atoms with E-state index in [4.69, 9.17) is 5.73 Å². The zero-order valence-corrected chi connectivity index (χ0v) is 18.3. The summed E-state index contributed by atoms with van der Waals surface area (Å²) in [6.45, 7) is 3.31. The van der Waals surface area contributed by atoms with Gasteiger partial charge in [-0.1, -0.05) is 6.42 Å². The van der Waals surface area contributed by atoms with Crippen molar-refractivity contribution >= 4 is 29.7 Å². The second-order valence-electron chi connectivity index (χ2n) is 7.57. The quantitative estimate of drug-likeness (QED) is 0.160. The number of thioether (sulfide) groups is 1. The van der Waals surface area contributed by atoms with Gasteiger partial charge in [-0.15, -0.1) is 11.8 Å². The number of fused-ring (bicyclic) bond motifs is 1. The number of nitrogens with zero attached hydrogens (tertiary/aromatic N) is 2. The molecular formula is C15H21N4NaO6S. The van der Waals surface area contributed by atoms with Crippen molar-refractivity contribution in [3.63, 3.8) is 0 Å². The van der Waals surface area contributed by atoms with Gasteiger partial charge in [0.25, 0.3) is 0 Å². The Bertz CT molecular complexity index is 706. The van der Waals surface area contributed by atoms with Crippen LogP contribution in [0.5, 0.6) is 0 Å². The number of β-lactam (4-membered cyclic amide) rings is 1. The average molecular weight is 408 g/mol. The van der Waals surface area contributed by atoms with Gasteiger partial charge >= 0.3 is 41.3 Å². The van der Waals surface area contributed by atoms with Crippen LogP contribution < -0.4 is 45.7 Å². The molecule has 4 atom stereocenters. The molecule has 2 heterocycles. The van der Waals surface area contributed by atoms with E-state index in [1.807, 2.05) is 0 Å². The van der Waals surface area contributed by atoms with Crippen LogP contribution in [0.2, 0.25) is 0 Å². The van der Waals surface area contributed by atoms with E-state index < -0.39 is 38.8 Å². The first-order chi connectivity index (χ1) is 12.0. The summed E-state index contributed by atoms with van der Waals surface area (Å²) in [7, 11) is 0. The maximum atomic E-state index is 12.5. The van der Waals surface area contributed by atoms with Crippen molar-refractivity contribution in [3.05, 3.63) is 10.1 Å². The van der Waals surface area contributed by atoms with Crippen molar-refractivity contribution in [3.8, 4) is 0 Å². The van der Waals surface area contributed by atoms with Crippen LogP contribution in [0.15, 0.2) is 0 Å². The van der Waals surface area contributed by atoms with Crippen LogP contribution in [-0.2, 0) is 9.59 Å². The summed E-state index contributed by atoms with van der Waals surface area (Å²) in [5.41, 5.74) is 1.22. The molecule has 3 N–H and O–H groups in total. The third-order valence-electron chi connectivity index (χ3n) is 5.99. The van der Waals surface area contributed by atoms with Crippen LogP contribution in [-0.4, -0.2) is 49.1 Å². The van der Waals surface area contributed by atoms with Crippen molar-refractivity contribution in [2.75, 3.05) is 0 Å². The fourth-order valence-corrected chi connectivity index (χ4v) is 6.84. The van der Waals surface area contributed by atoms with Gasteiger partial charge in [0.15, 0.2) is 0 Å². The maximum absolute atomic E-state index is 12.5. The Morgan fingerprint density at radius 3 is 2.48 bits per heavy atom. The molecule has 12 heteroatoms. The number of urea groups is 1. The summed E-state index contributed by atoms with van der Waals surface area (Å²) in [5.74, 6) is -3.07. The van der Waals surface area contributed by atoms with Gasteiger partial charge in [0.05, 0.1) is 23.7 Å². The van der Waals surface area contributed by atoms with E-state index in [-0.39, 0.29) is 60.1 Å². The molecule has 0 bridgehead atoms. The molecular weight excluding hydrogens is 387 g/mol. The number of nitrogens with two attached hydrogens (primary N) is 1. The summed E-state index contributed by atoms with van der Waals surface area (Å²) < 4.78 is -1.04. The van der Waals surface area contributed by atoms with Crippen LogP contribution in [0.25, 0.3) is 0 Å². The number of carboxylic acids is 1. The van der Waals surface area contributed by atoms with Gasteiger partial charge in [-0.2, -0.15) is 0 Å². The molecule has 2 unspecified atom stereocenters. The van der Waals surface area contributed by atoms with Gasteiger partial charge in [0.2, 0.25) is 5.91 Å². The molecule has 1 aliphatic carbocycles. The number of nitro groups is 1. The van der Waals surface area contributed by atoms with Crippen molar-refractivity contribution in [1.29, 1.82) is 0 Å². The summed E-state index contributed by atoms with van der Waals surface area (Å²) in [6, 6.07) is -1.10. The fraction of sp³-hybridized carbons (Fsp3) is 0.800. The van der Waals surface area contributed by atoms with Crippen LogP contribution >= 0.6 is 11.8 Å². The van der Waals surface area contributed by atoms with Crippen molar-refractivity contribution < 1.29 is 54.0 Å². The Kier molecular flexibility index (Phi) is 5.84. The van der Waals surface area contributed by atoms with Gasteiger partial charge in [0.1, 0.15) is 5.54 Å². The number of carbonyl (C=O) groups excluding carboxylic acids is 3. The molecule has 3 fully saturated rings. The predicted molar refractivity (Wildman–Crippen MR) is 89.1 cm³/mol. The number of hydrogen-bond acceptors (Lipinski definition) is 7. The van der Waals surface area contributed by atoms with E-state index in [0.29, 0.717) is 12.8 Å². The van der Waals surface area contributed by atoms with Gasteiger partial charge in [-0.25, -0.2) is 4.79 Å². The number of carboxylic acid groups (broad SMARTS) is 1. The third-order valence-corrected chi connectivity index (χ3v) is 7.54. The van der Waals surface area contributed by atoms with Gasteiger partial charge in [-0.3, -0.25) is 20.2 Å². The zero-order valence-electron chi connectivity index (χ0n) is 15.5. The van der Waals surface area contributed by atoms with Crippen LogP contribution in [0.3, 0.4) is 0 Å². The fourth-order valence-electron chi connectivity index (χ4n) is 5.04. The SMILES string of the molecule is CC1(C)S[C@@H]2CC(=O)N2[C@@]1(C(=O)[O-])C1CCCCC1(NC(N)=O)[N+](=O)[O-].[Na+]. The normalized spacial score (nSPS) is 36.8. The second kappa shape index (κ2) is 7.09. The number of aliphatic carboxylic acids is 1. The maximum Gasteiger partial charge on any atom is 1.00 e. The van der Waals surface area contributed by atoms with E-state index in [9.17, 15) is 29.6 Å². The third kappa shape index (κ3) is 2.85. The second-order valence-corrected chi connectivity index (χ2v) is 9.37. The number of nitrogens with one attached hydrogen (secondary N) is 1. The molecule has 144 valence electrons. The van der Waals surface area contributed by atoms with Gasteiger partial charge in [-0.05, 0) is 26.7 Å². The predicted octanol–water partition coefficient (Wildman–Crippen LogP) is -3.61. The molecule has 2 saturated heterocycles. The minimum absolute atomic E-state index is 0. The molecule has 0 radical (unpaired) electrons. The molecule has 3 amide bonds. The van der Waals surface area contributed by atoms with E-state index in [2.05, 4.69) is 5.32 Å². The smallest absolute Gasteiger partial charge is 0.547 e. The molecule has 0 aromatic rings. The molecule has 0 aromatic heterocycles. The Labute approximate surface area is 182 Å². The molecule has 27 heavy (non-hydrogen) atoms. The van der Waals surface area contributed by atoms with E-state index >= 15 is 0 Å². The van der Waals surface area contributed by atoms with Crippen LogP contribution in [0.1, 0.15) is 46.0 Å². The first-order valence-electron chi connectivity index (χ1n) is 8.44. The summed E-state index contributed by atoms with van der Waals surface area (Å²) in [6.07, 6.45) is 1.27. The number of rotatable bonds is 4.